The number of nitrogens with one attached hydrogen (secondary N) is 1. The minimum absolute atomic E-state index is 0.306. The fourth-order valence-electron chi connectivity index (χ4n) is 4.18. The molecule has 0 unspecified atom stereocenters. The van der Waals surface area contributed by atoms with E-state index in [1.54, 1.807) is 12.1 Å². The van der Waals surface area contributed by atoms with Crippen LogP contribution in [0.4, 0.5) is 20.2 Å². The van der Waals surface area contributed by atoms with E-state index < -0.39 is 21.7 Å². The Labute approximate surface area is 164 Å². The number of fused-ring (bicyclic) bond motifs is 1. The molecule has 1 heterocycles. The smallest absolute Gasteiger partial charge is 0.235 e. The van der Waals surface area contributed by atoms with E-state index in [0.29, 0.717) is 17.8 Å². The van der Waals surface area contributed by atoms with Gasteiger partial charge in [-0.3, -0.25) is 4.72 Å². The minimum atomic E-state index is -3.37. The topological polar surface area (TPSA) is 49.4 Å². The van der Waals surface area contributed by atoms with Crippen molar-refractivity contribution in [2.75, 3.05) is 16.2 Å². The molecule has 1 saturated carbocycles. The quantitative estimate of drug-likeness (QED) is 0.789. The van der Waals surface area contributed by atoms with Crippen LogP contribution in [-0.4, -0.2) is 20.2 Å². The molecule has 1 fully saturated rings. The first-order valence-electron chi connectivity index (χ1n) is 9.76. The lowest BCUT2D eigenvalue weighted by Crippen LogP contribution is -2.29. The number of halogens is 2. The van der Waals surface area contributed by atoms with E-state index in [1.807, 2.05) is 12.1 Å². The number of hydrogen-bond donors (Lipinski definition) is 1. The number of hydrogen-bond acceptors (Lipinski definition) is 3. The molecule has 0 bridgehead atoms. The number of rotatable bonds is 5. The van der Waals surface area contributed by atoms with Gasteiger partial charge in [0.25, 0.3) is 0 Å². The predicted octanol–water partition coefficient (Wildman–Crippen LogP) is 4.60. The first kappa shape index (κ1) is 19.2. The fraction of sp³-hybridized carbons (Fsp3) is 0.429. The van der Waals surface area contributed by atoms with Crippen molar-refractivity contribution in [1.29, 1.82) is 0 Å². The third-order valence-electron chi connectivity index (χ3n) is 5.68. The van der Waals surface area contributed by atoms with Gasteiger partial charge in [0, 0.05) is 24.5 Å². The Hall–Kier alpha value is -2.15. The second-order valence-electron chi connectivity index (χ2n) is 7.67. The average Bonchev–Trinajstić information content (AvgIpc) is 3.07. The van der Waals surface area contributed by atoms with Crippen molar-refractivity contribution >= 4 is 21.4 Å². The molecule has 2 aromatic rings. The van der Waals surface area contributed by atoms with Crippen LogP contribution >= 0.6 is 0 Å². The van der Waals surface area contributed by atoms with Gasteiger partial charge < -0.3 is 4.90 Å². The first-order chi connectivity index (χ1) is 13.4. The van der Waals surface area contributed by atoms with Crippen molar-refractivity contribution in [3.05, 3.63) is 59.2 Å². The molecule has 1 aliphatic carbocycles. The van der Waals surface area contributed by atoms with Crippen LogP contribution in [0, 0.1) is 11.6 Å². The highest BCUT2D eigenvalue weighted by atomic mass is 32.2. The zero-order chi connectivity index (χ0) is 19.7. The Morgan fingerprint density at radius 1 is 1.00 bits per heavy atom. The van der Waals surface area contributed by atoms with E-state index in [1.165, 1.54) is 6.07 Å². The third-order valence-corrected chi connectivity index (χ3v) is 7.55. The SMILES string of the molecule is O=S(=O)(Nc1ccc2c(c1)CCN2Cc1ccc(F)c(F)c1)C1CCCCC1. The van der Waals surface area contributed by atoms with Crippen molar-refractivity contribution in [3.63, 3.8) is 0 Å². The number of benzene rings is 2. The van der Waals surface area contributed by atoms with E-state index >= 15 is 0 Å². The Balaban J connectivity index is 1.48. The largest absolute Gasteiger partial charge is 0.367 e. The number of sulfonamides is 1. The summed E-state index contributed by atoms with van der Waals surface area (Å²) in [7, 11) is -3.37. The van der Waals surface area contributed by atoms with Crippen LogP contribution in [0.3, 0.4) is 0 Å². The molecule has 0 saturated heterocycles. The lowest BCUT2D eigenvalue weighted by molar-refractivity contribution is 0.486. The molecule has 7 heteroatoms. The summed E-state index contributed by atoms with van der Waals surface area (Å²) in [6.07, 6.45) is 5.28. The molecule has 2 aliphatic rings. The zero-order valence-corrected chi connectivity index (χ0v) is 16.4. The summed E-state index contributed by atoms with van der Waals surface area (Å²) in [5.74, 6) is -1.69. The lowest BCUT2D eigenvalue weighted by Gasteiger charge is -2.23. The predicted molar refractivity (Wildman–Crippen MR) is 107 cm³/mol. The maximum atomic E-state index is 13.5. The van der Waals surface area contributed by atoms with Crippen molar-refractivity contribution in [2.24, 2.45) is 0 Å². The molecule has 0 spiro atoms. The lowest BCUT2D eigenvalue weighted by atomic mass is 10.0. The molecule has 4 nitrogen and oxygen atoms in total. The number of anilines is 2. The summed E-state index contributed by atoms with van der Waals surface area (Å²) < 4.78 is 54.6. The highest BCUT2D eigenvalue weighted by Crippen LogP contribution is 2.33. The van der Waals surface area contributed by atoms with Crippen LogP contribution in [0.2, 0.25) is 0 Å². The average molecular weight is 406 g/mol. The summed E-state index contributed by atoms with van der Waals surface area (Å²) in [5.41, 5.74) is 3.37. The van der Waals surface area contributed by atoms with E-state index in [9.17, 15) is 17.2 Å². The Morgan fingerprint density at radius 2 is 1.79 bits per heavy atom. The van der Waals surface area contributed by atoms with Gasteiger partial charge in [0.2, 0.25) is 10.0 Å². The molecule has 1 N–H and O–H groups in total. The monoisotopic (exact) mass is 406 g/mol. The van der Waals surface area contributed by atoms with Crippen LogP contribution in [0.15, 0.2) is 36.4 Å². The van der Waals surface area contributed by atoms with Crippen molar-refractivity contribution in [2.45, 2.75) is 50.3 Å². The molecule has 1 aliphatic heterocycles. The van der Waals surface area contributed by atoms with Gasteiger partial charge >= 0.3 is 0 Å². The van der Waals surface area contributed by atoms with Gasteiger partial charge in [-0.2, -0.15) is 0 Å². The van der Waals surface area contributed by atoms with Gasteiger partial charge in [0.1, 0.15) is 0 Å². The number of nitrogens with zero attached hydrogens (tertiary/aromatic N) is 1. The van der Waals surface area contributed by atoms with Gasteiger partial charge in [-0.1, -0.05) is 25.3 Å². The van der Waals surface area contributed by atoms with Crippen molar-refractivity contribution in [3.8, 4) is 0 Å². The van der Waals surface area contributed by atoms with Gasteiger partial charge in [0.05, 0.1) is 5.25 Å². The van der Waals surface area contributed by atoms with Crippen LogP contribution in [-0.2, 0) is 23.0 Å². The Morgan fingerprint density at radius 3 is 2.54 bits per heavy atom. The van der Waals surface area contributed by atoms with E-state index in [4.69, 9.17) is 0 Å². The van der Waals surface area contributed by atoms with E-state index in [-0.39, 0.29) is 5.25 Å². The minimum Gasteiger partial charge on any atom is -0.367 e. The first-order valence-corrected chi connectivity index (χ1v) is 11.3. The third kappa shape index (κ3) is 3.99. The summed E-state index contributed by atoms with van der Waals surface area (Å²) in [6, 6.07) is 9.53. The Bertz CT molecular complexity index is 972. The summed E-state index contributed by atoms with van der Waals surface area (Å²) >= 11 is 0. The molecule has 4 rings (SSSR count). The molecule has 2 aromatic carbocycles. The summed E-state index contributed by atoms with van der Waals surface area (Å²) in [6.45, 7) is 1.24. The van der Waals surface area contributed by atoms with Crippen LogP contribution in [0.5, 0.6) is 0 Å². The second-order valence-corrected chi connectivity index (χ2v) is 9.63. The molecule has 28 heavy (non-hydrogen) atoms. The van der Waals surface area contributed by atoms with Gasteiger partial charge in [0.15, 0.2) is 11.6 Å². The van der Waals surface area contributed by atoms with Gasteiger partial charge in [-0.25, -0.2) is 17.2 Å². The molecule has 0 radical (unpaired) electrons. The maximum Gasteiger partial charge on any atom is 0.235 e. The van der Waals surface area contributed by atoms with Crippen molar-refractivity contribution < 1.29 is 17.2 Å². The fourth-order valence-corrected chi connectivity index (χ4v) is 5.76. The molecular formula is C21H24F2N2O2S. The highest BCUT2D eigenvalue weighted by molar-refractivity contribution is 7.93. The standard InChI is InChI=1S/C21H24F2N2O2S/c22-19-8-6-15(12-20(19)23)14-25-11-10-16-13-17(7-9-21(16)25)24-28(26,27)18-4-2-1-3-5-18/h6-9,12-13,18,24H,1-5,10-11,14H2. The Kier molecular flexibility index (Phi) is 5.27. The molecule has 150 valence electrons. The van der Waals surface area contributed by atoms with E-state index in [0.717, 1.165) is 62.4 Å². The molecule has 0 aromatic heterocycles. The summed E-state index contributed by atoms with van der Waals surface area (Å²) in [5, 5.41) is -0.306. The van der Waals surface area contributed by atoms with Crippen LogP contribution in [0.1, 0.15) is 43.2 Å². The zero-order valence-electron chi connectivity index (χ0n) is 15.6. The maximum absolute atomic E-state index is 13.5. The van der Waals surface area contributed by atoms with Crippen molar-refractivity contribution in [1.82, 2.24) is 0 Å². The van der Waals surface area contributed by atoms with Gasteiger partial charge in [-0.15, -0.1) is 0 Å². The molecule has 0 atom stereocenters. The molecular weight excluding hydrogens is 382 g/mol. The summed E-state index contributed by atoms with van der Waals surface area (Å²) in [4.78, 5) is 2.10. The van der Waals surface area contributed by atoms with E-state index in [2.05, 4.69) is 9.62 Å². The van der Waals surface area contributed by atoms with Crippen LogP contribution in [0.25, 0.3) is 0 Å². The normalized spacial score (nSPS) is 17.6. The van der Waals surface area contributed by atoms with Crippen LogP contribution < -0.4 is 9.62 Å². The van der Waals surface area contributed by atoms with Gasteiger partial charge in [-0.05, 0) is 60.7 Å². The second kappa shape index (κ2) is 7.70. The molecule has 0 amide bonds. The highest BCUT2D eigenvalue weighted by Gasteiger charge is 2.28.